The highest BCUT2D eigenvalue weighted by Gasteiger charge is 2.23. The third kappa shape index (κ3) is 1.26. The molecular formula is C10H10N2O. The molecule has 0 unspecified atom stereocenters. The average molecular weight is 174 g/mol. The third-order valence-electron chi connectivity index (χ3n) is 2.19. The van der Waals surface area contributed by atoms with Crippen molar-refractivity contribution in [2.45, 2.75) is 18.9 Å². The molecule has 1 saturated carbocycles. The number of ether oxygens (including phenoxy) is 1. The van der Waals surface area contributed by atoms with E-state index < -0.39 is 0 Å². The Morgan fingerprint density at radius 1 is 1.31 bits per heavy atom. The summed E-state index contributed by atoms with van der Waals surface area (Å²) in [5.41, 5.74) is 2.03. The van der Waals surface area contributed by atoms with E-state index in [0.29, 0.717) is 6.10 Å². The third-order valence-corrected chi connectivity index (χ3v) is 2.19. The molecule has 0 spiro atoms. The van der Waals surface area contributed by atoms with Crippen molar-refractivity contribution in [3.63, 3.8) is 0 Å². The Kier molecular flexibility index (Phi) is 1.33. The van der Waals surface area contributed by atoms with Crippen molar-refractivity contribution < 1.29 is 4.74 Å². The van der Waals surface area contributed by atoms with Gasteiger partial charge in [-0.2, -0.15) is 0 Å². The monoisotopic (exact) mass is 174 g/mol. The van der Waals surface area contributed by atoms with Crippen LogP contribution in [0.5, 0.6) is 5.88 Å². The number of rotatable bonds is 2. The Labute approximate surface area is 75.7 Å². The predicted octanol–water partition coefficient (Wildman–Crippen LogP) is 2.10. The lowest BCUT2D eigenvalue weighted by molar-refractivity contribution is 0.292. The minimum atomic E-state index is 0.420. The molecule has 1 aliphatic rings. The number of aromatic nitrogens is 2. The van der Waals surface area contributed by atoms with Crippen molar-refractivity contribution in [2.75, 3.05) is 0 Å². The van der Waals surface area contributed by atoms with Crippen LogP contribution in [0, 0.1) is 0 Å². The highest BCUT2D eigenvalue weighted by Crippen LogP contribution is 2.26. The fourth-order valence-electron chi connectivity index (χ4n) is 1.34. The Balaban J connectivity index is 1.99. The number of nitrogens with zero attached hydrogens (tertiary/aromatic N) is 1. The van der Waals surface area contributed by atoms with Crippen molar-refractivity contribution in [1.29, 1.82) is 0 Å². The van der Waals surface area contributed by atoms with Gasteiger partial charge in [0.1, 0.15) is 6.10 Å². The lowest BCUT2D eigenvalue weighted by Crippen LogP contribution is -1.97. The van der Waals surface area contributed by atoms with Gasteiger partial charge in [0.15, 0.2) is 0 Å². The summed E-state index contributed by atoms with van der Waals surface area (Å²) in [6.45, 7) is 0. The van der Waals surface area contributed by atoms with Gasteiger partial charge in [-0.3, -0.25) is 0 Å². The highest BCUT2D eigenvalue weighted by atomic mass is 16.5. The van der Waals surface area contributed by atoms with E-state index in [9.17, 15) is 0 Å². The quantitative estimate of drug-likeness (QED) is 0.757. The predicted molar refractivity (Wildman–Crippen MR) is 49.7 cm³/mol. The second kappa shape index (κ2) is 2.49. The summed E-state index contributed by atoms with van der Waals surface area (Å²) in [7, 11) is 0. The minimum absolute atomic E-state index is 0.420. The SMILES string of the molecule is c1cc2nc(OC3CC3)ccc2[nH]1. The molecule has 0 atom stereocenters. The molecule has 1 aliphatic carbocycles. The summed E-state index contributed by atoms with van der Waals surface area (Å²) in [5, 5.41) is 0. The van der Waals surface area contributed by atoms with E-state index in [2.05, 4.69) is 9.97 Å². The van der Waals surface area contributed by atoms with Crippen LogP contribution in [0.1, 0.15) is 12.8 Å². The van der Waals surface area contributed by atoms with Crippen LogP contribution in [0.15, 0.2) is 24.4 Å². The normalized spacial score (nSPS) is 16.3. The second-order valence-corrected chi connectivity index (χ2v) is 3.38. The summed E-state index contributed by atoms with van der Waals surface area (Å²) >= 11 is 0. The maximum absolute atomic E-state index is 5.58. The molecule has 0 aromatic carbocycles. The van der Waals surface area contributed by atoms with Crippen LogP contribution in [-0.4, -0.2) is 16.1 Å². The average Bonchev–Trinajstić information content (AvgIpc) is 2.83. The molecular weight excluding hydrogens is 164 g/mol. The van der Waals surface area contributed by atoms with Crippen LogP contribution in [0.25, 0.3) is 11.0 Å². The maximum Gasteiger partial charge on any atom is 0.214 e. The van der Waals surface area contributed by atoms with Gasteiger partial charge in [-0.25, -0.2) is 4.98 Å². The minimum Gasteiger partial charge on any atom is -0.474 e. The van der Waals surface area contributed by atoms with Crippen LogP contribution in [-0.2, 0) is 0 Å². The van der Waals surface area contributed by atoms with E-state index in [-0.39, 0.29) is 0 Å². The molecule has 13 heavy (non-hydrogen) atoms. The fraction of sp³-hybridized carbons (Fsp3) is 0.300. The molecule has 0 amide bonds. The molecule has 2 aromatic heterocycles. The summed E-state index contributed by atoms with van der Waals surface area (Å²) in [6, 6.07) is 5.87. The smallest absolute Gasteiger partial charge is 0.214 e. The highest BCUT2D eigenvalue weighted by molar-refractivity contribution is 5.75. The van der Waals surface area contributed by atoms with Crippen molar-refractivity contribution >= 4 is 11.0 Å². The summed E-state index contributed by atoms with van der Waals surface area (Å²) < 4.78 is 5.58. The first-order valence-corrected chi connectivity index (χ1v) is 4.52. The zero-order valence-electron chi connectivity index (χ0n) is 7.16. The van der Waals surface area contributed by atoms with Crippen molar-refractivity contribution in [3.8, 4) is 5.88 Å². The lowest BCUT2D eigenvalue weighted by Gasteiger charge is -2.01. The number of fused-ring (bicyclic) bond motifs is 1. The molecule has 3 heteroatoms. The summed E-state index contributed by atoms with van der Waals surface area (Å²) in [4.78, 5) is 7.46. The van der Waals surface area contributed by atoms with Gasteiger partial charge in [0.25, 0.3) is 0 Å². The molecule has 66 valence electrons. The zero-order valence-corrected chi connectivity index (χ0v) is 7.16. The molecule has 3 rings (SSSR count). The van der Waals surface area contributed by atoms with Gasteiger partial charge in [0.2, 0.25) is 5.88 Å². The number of aromatic amines is 1. The maximum atomic E-state index is 5.58. The van der Waals surface area contributed by atoms with E-state index in [1.807, 2.05) is 24.4 Å². The number of hydrogen-bond acceptors (Lipinski definition) is 2. The standard InChI is InChI=1S/C10H10N2O/c1-2-7(1)13-10-4-3-8-9(12-10)5-6-11-8/h3-7,11H,1-2H2. The second-order valence-electron chi connectivity index (χ2n) is 3.38. The van der Waals surface area contributed by atoms with E-state index >= 15 is 0 Å². The topological polar surface area (TPSA) is 37.9 Å². The number of nitrogens with one attached hydrogen (secondary N) is 1. The molecule has 2 aromatic rings. The van der Waals surface area contributed by atoms with Crippen LogP contribution < -0.4 is 4.74 Å². The molecule has 1 N–H and O–H groups in total. The first-order chi connectivity index (χ1) is 6.42. The van der Waals surface area contributed by atoms with Crippen molar-refractivity contribution in [1.82, 2.24) is 9.97 Å². The van der Waals surface area contributed by atoms with Crippen molar-refractivity contribution in [3.05, 3.63) is 24.4 Å². The van der Waals surface area contributed by atoms with Crippen LogP contribution >= 0.6 is 0 Å². The zero-order chi connectivity index (χ0) is 8.67. The van der Waals surface area contributed by atoms with E-state index in [4.69, 9.17) is 4.74 Å². The van der Waals surface area contributed by atoms with Gasteiger partial charge in [-0.05, 0) is 25.0 Å². The van der Waals surface area contributed by atoms with Gasteiger partial charge >= 0.3 is 0 Å². The summed E-state index contributed by atoms with van der Waals surface area (Å²) in [6.07, 6.45) is 4.65. The van der Waals surface area contributed by atoms with Crippen LogP contribution in [0.3, 0.4) is 0 Å². The number of hydrogen-bond donors (Lipinski definition) is 1. The first kappa shape index (κ1) is 6.95. The molecule has 3 nitrogen and oxygen atoms in total. The van der Waals surface area contributed by atoms with Gasteiger partial charge < -0.3 is 9.72 Å². The molecule has 0 bridgehead atoms. The van der Waals surface area contributed by atoms with Gasteiger partial charge in [0.05, 0.1) is 11.0 Å². The fourth-order valence-corrected chi connectivity index (χ4v) is 1.34. The number of pyridine rings is 1. The molecule has 2 heterocycles. The van der Waals surface area contributed by atoms with Crippen LogP contribution in [0.2, 0.25) is 0 Å². The van der Waals surface area contributed by atoms with Gasteiger partial charge in [-0.1, -0.05) is 0 Å². The summed E-state index contributed by atoms with van der Waals surface area (Å²) in [5.74, 6) is 0.745. The molecule has 0 aliphatic heterocycles. The van der Waals surface area contributed by atoms with E-state index in [1.165, 1.54) is 12.8 Å². The van der Waals surface area contributed by atoms with E-state index in [0.717, 1.165) is 16.9 Å². The Morgan fingerprint density at radius 2 is 2.23 bits per heavy atom. The molecule has 0 saturated heterocycles. The Bertz CT molecular complexity index is 431. The largest absolute Gasteiger partial charge is 0.474 e. The lowest BCUT2D eigenvalue weighted by atomic mass is 10.4. The molecule has 0 radical (unpaired) electrons. The van der Waals surface area contributed by atoms with Gasteiger partial charge in [0, 0.05) is 12.3 Å². The Hall–Kier alpha value is -1.51. The molecule has 1 fully saturated rings. The Morgan fingerprint density at radius 3 is 3.08 bits per heavy atom. The van der Waals surface area contributed by atoms with Crippen LogP contribution in [0.4, 0.5) is 0 Å². The van der Waals surface area contributed by atoms with E-state index in [1.54, 1.807) is 0 Å². The van der Waals surface area contributed by atoms with Gasteiger partial charge in [-0.15, -0.1) is 0 Å². The first-order valence-electron chi connectivity index (χ1n) is 4.52. The van der Waals surface area contributed by atoms with Crippen molar-refractivity contribution in [2.24, 2.45) is 0 Å². The number of H-pyrrole nitrogens is 1.